The van der Waals surface area contributed by atoms with Crippen molar-refractivity contribution >= 4 is 0 Å². The number of halogens is 2. The Labute approximate surface area is 102 Å². The summed E-state index contributed by atoms with van der Waals surface area (Å²) in [5, 5.41) is 0. The minimum absolute atomic E-state index is 0.000846. The molecule has 2 N–H and O–H groups in total. The molecule has 0 aromatic heterocycles. The monoisotopic (exact) mass is 241 g/mol. The van der Waals surface area contributed by atoms with E-state index in [4.69, 9.17) is 5.73 Å². The molecule has 0 aliphatic heterocycles. The van der Waals surface area contributed by atoms with Gasteiger partial charge in [-0.25, -0.2) is 8.78 Å². The van der Waals surface area contributed by atoms with Crippen molar-refractivity contribution in [2.24, 2.45) is 11.1 Å². The largest absolute Gasteiger partial charge is 0.327 e. The zero-order valence-electron chi connectivity index (χ0n) is 10.8. The van der Waals surface area contributed by atoms with Crippen LogP contribution < -0.4 is 5.73 Å². The van der Waals surface area contributed by atoms with Crippen LogP contribution in [0.1, 0.15) is 39.2 Å². The Morgan fingerprint density at radius 2 is 1.82 bits per heavy atom. The predicted octanol–water partition coefficient (Wildman–Crippen LogP) is 3.66. The Balaban J connectivity index is 2.50. The van der Waals surface area contributed by atoms with E-state index in [0.29, 0.717) is 6.42 Å². The van der Waals surface area contributed by atoms with E-state index in [0.717, 1.165) is 24.5 Å². The molecule has 0 fully saturated rings. The highest BCUT2D eigenvalue weighted by atomic mass is 19.2. The molecule has 96 valence electrons. The van der Waals surface area contributed by atoms with Crippen LogP contribution in [0.15, 0.2) is 18.2 Å². The SMILES string of the molecule is CC(C)(C)CCC(N)Cc1ccc(F)c(F)c1. The topological polar surface area (TPSA) is 26.0 Å². The summed E-state index contributed by atoms with van der Waals surface area (Å²) in [6.45, 7) is 6.49. The molecule has 17 heavy (non-hydrogen) atoms. The maximum absolute atomic E-state index is 13.0. The molecular formula is C14H21F2N. The fourth-order valence-corrected chi connectivity index (χ4v) is 1.69. The molecule has 0 amide bonds. The molecule has 0 radical (unpaired) electrons. The van der Waals surface area contributed by atoms with Gasteiger partial charge in [0.2, 0.25) is 0 Å². The van der Waals surface area contributed by atoms with Gasteiger partial charge >= 0.3 is 0 Å². The van der Waals surface area contributed by atoms with Crippen molar-refractivity contribution in [2.75, 3.05) is 0 Å². The molecule has 0 aliphatic carbocycles. The number of benzene rings is 1. The van der Waals surface area contributed by atoms with Crippen LogP contribution in [0.3, 0.4) is 0 Å². The highest BCUT2D eigenvalue weighted by Gasteiger charge is 2.13. The minimum Gasteiger partial charge on any atom is -0.327 e. The van der Waals surface area contributed by atoms with Gasteiger partial charge in [0.1, 0.15) is 0 Å². The Hall–Kier alpha value is -0.960. The van der Waals surface area contributed by atoms with Crippen molar-refractivity contribution in [3.8, 4) is 0 Å². The second-order valence-corrected chi connectivity index (χ2v) is 5.81. The van der Waals surface area contributed by atoms with Gasteiger partial charge < -0.3 is 5.73 Å². The quantitative estimate of drug-likeness (QED) is 0.855. The lowest BCUT2D eigenvalue weighted by Crippen LogP contribution is -2.24. The van der Waals surface area contributed by atoms with E-state index in [1.807, 2.05) is 0 Å². The van der Waals surface area contributed by atoms with Crippen LogP contribution in [0.25, 0.3) is 0 Å². The van der Waals surface area contributed by atoms with Gasteiger partial charge in [-0.3, -0.25) is 0 Å². The second-order valence-electron chi connectivity index (χ2n) is 5.81. The van der Waals surface area contributed by atoms with E-state index >= 15 is 0 Å². The van der Waals surface area contributed by atoms with E-state index in [-0.39, 0.29) is 11.5 Å². The molecule has 0 aliphatic rings. The van der Waals surface area contributed by atoms with Crippen molar-refractivity contribution in [2.45, 2.75) is 46.1 Å². The maximum atomic E-state index is 13.0. The molecule has 0 spiro atoms. The second kappa shape index (κ2) is 5.58. The standard InChI is InChI=1S/C14H21F2N/c1-14(2,3)7-6-11(17)8-10-4-5-12(15)13(16)9-10/h4-5,9,11H,6-8,17H2,1-3H3. The average molecular weight is 241 g/mol. The Morgan fingerprint density at radius 1 is 1.18 bits per heavy atom. The van der Waals surface area contributed by atoms with E-state index < -0.39 is 11.6 Å². The Bertz CT molecular complexity index is 369. The molecule has 0 saturated heterocycles. The van der Waals surface area contributed by atoms with E-state index in [2.05, 4.69) is 20.8 Å². The minimum atomic E-state index is -0.808. The van der Waals surface area contributed by atoms with Gasteiger partial charge in [-0.05, 0) is 42.4 Å². The fraction of sp³-hybridized carbons (Fsp3) is 0.571. The Morgan fingerprint density at radius 3 is 2.35 bits per heavy atom. The first kappa shape index (κ1) is 14.1. The molecule has 0 heterocycles. The summed E-state index contributed by atoms with van der Waals surface area (Å²) in [5.74, 6) is -1.61. The molecule has 1 nitrogen and oxygen atoms in total. The summed E-state index contributed by atoms with van der Waals surface area (Å²) in [6, 6.07) is 3.97. The van der Waals surface area contributed by atoms with Crippen molar-refractivity contribution in [1.82, 2.24) is 0 Å². The van der Waals surface area contributed by atoms with Gasteiger partial charge in [-0.15, -0.1) is 0 Å². The third-order valence-corrected chi connectivity index (χ3v) is 2.75. The molecule has 1 aromatic carbocycles. The summed E-state index contributed by atoms with van der Waals surface area (Å²) >= 11 is 0. The third kappa shape index (κ3) is 5.26. The van der Waals surface area contributed by atoms with Crippen LogP contribution in [0.2, 0.25) is 0 Å². The predicted molar refractivity (Wildman–Crippen MR) is 66.7 cm³/mol. The van der Waals surface area contributed by atoms with E-state index in [1.165, 1.54) is 6.07 Å². The van der Waals surface area contributed by atoms with Gasteiger partial charge in [0.25, 0.3) is 0 Å². The number of hydrogen-bond acceptors (Lipinski definition) is 1. The summed E-state index contributed by atoms with van der Waals surface area (Å²) in [7, 11) is 0. The van der Waals surface area contributed by atoms with Gasteiger partial charge in [0.05, 0.1) is 0 Å². The highest BCUT2D eigenvalue weighted by molar-refractivity contribution is 5.18. The number of hydrogen-bond donors (Lipinski definition) is 1. The molecule has 0 saturated carbocycles. The van der Waals surface area contributed by atoms with Crippen LogP contribution in [-0.4, -0.2) is 6.04 Å². The van der Waals surface area contributed by atoms with Gasteiger partial charge in [-0.2, -0.15) is 0 Å². The first-order valence-electron chi connectivity index (χ1n) is 5.97. The third-order valence-electron chi connectivity index (χ3n) is 2.75. The first-order chi connectivity index (χ1) is 7.78. The van der Waals surface area contributed by atoms with Crippen LogP contribution in [0.4, 0.5) is 8.78 Å². The summed E-state index contributed by atoms with van der Waals surface area (Å²) in [5.41, 5.74) is 7.00. The molecule has 3 heteroatoms. The average Bonchev–Trinajstić information content (AvgIpc) is 2.20. The molecule has 1 unspecified atom stereocenters. The lowest BCUT2D eigenvalue weighted by Gasteiger charge is -2.20. The van der Waals surface area contributed by atoms with Crippen LogP contribution in [0.5, 0.6) is 0 Å². The lowest BCUT2D eigenvalue weighted by atomic mass is 9.87. The zero-order valence-corrected chi connectivity index (χ0v) is 10.8. The fourth-order valence-electron chi connectivity index (χ4n) is 1.69. The molecule has 1 rings (SSSR count). The zero-order chi connectivity index (χ0) is 13.1. The normalized spacial score (nSPS) is 13.8. The number of rotatable bonds is 4. The van der Waals surface area contributed by atoms with Crippen molar-refractivity contribution < 1.29 is 8.78 Å². The molecule has 1 aromatic rings. The van der Waals surface area contributed by atoms with Gasteiger partial charge in [0, 0.05) is 6.04 Å². The van der Waals surface area contributed by atoms with Crippen LogP contribution in [0, 0.1) is 17.0 Å². The van der Waals surface area contributed by atoms with Crippen molar-refractivity contribution in [1.29, 1.82) is 0 Å². The van der Waals surface area contributed by atoms with Crippen LogP contribution >= 0.6 is 0 Å². The molecule has 1 atom stereocenters. The van der Waals surface area contributed by atoms with Crippen molar-refractivity contribution in [3.05, 3.63) is 35.4 Å². The molecule has 0 bridgehead atoms. The maximum Gasteiger partial charge on any atom is 0.159 e. The lowest BCUT2D eigenvalue weighted by molar-refractivity contribution is 0.347. The van der Waals surface area contributed by atoms with Crippen LogP contribution in [-0.2, 0) is 6.42 Å². The summed E-state index contributed by atoms with van der Waals surface area (Å²) in [6.07, 6.45) is 2.51. The smallest absolute Gasteiger partial charge is 0.159 e. The van der Waals surface area contributed by atoms with Gasteiger partial charge in [0.15, 0.2) is 11.6 Å². The van der Waals surface area contributed by atoms with E-state index in [9.17, 15) is 8.78 Å². The van der Waals surface area contributed by atoms with Crippen molar-refractivity contribution in [3.63, 3.8) is 0 Å². The van der Waals surface area contributed by atoms with Gasteiger partial charge in [-0.1, -0.05) is 26.8 Å². The highest BCUT2D eigenvalue weighted by Crippen LogP contribution is 2.22. The molecular weight excluding hydrogens is 220 g/mol. The summed E-state index contributed by atoms with van der Waals surface area (Å²) < 4.78 is 25.7. The summed E-state index contributed by atoms with van der Waals surface area (Å²) in [4.78, 5) is 0. The Kier molecular flexibility index (Phi) is 4.63. The number of nitrogens with two attached hydrogens (primary N) is 1. The first-order valence-corrected chi connectivity index (χ1v) is 5.97. The van der Waals surface area contributed by atoms with E-state index in [1.54, 1.807) is 6.07 Å².